The predicted octanol–water partition coefficient (Wildman–Crippen LogP) is 1.10. The molecule has 0 spiro atoms. The molecule has 1 aliphatic heterocycles. The zero-order valence-electron chi connectivity index (χ0n) is 10.2. The average Bonchev–Trinajstić information content (AvgIpc) is 2.67. The van der Waals surface area contributed by atoms with Gasteiger partial charge >= 0.3 is 0 Å². The predicted molar refractivity (Wildman–Crippen MR) is 65.1 cm³/mol. The van der Waals surface area contributed by atoms with Gasteiger partial charge in [0.25, 0.3) is 0 Å². The molecule has 1 heterocycles. The molecular formula is C11H23NO3S. The van der Waals surface area contributed by atoms with Crippen LogP contribution in [0.2, 0.25) is 0 Å². The number of nitrogens with two attached hydrogens (primary N) is 1. The Balaban J connectivity index is 2.21. The van der Waals surface area contributed by atoms with Gasteiger partial charge in [-0.2, -0.15) is 0 Å². The third kappa shape index (κ3) is 4.39. The van der Waals surface area contributed by atoms with Gasteiger partial charge in [0.2, 0.25) is 0 Å². The quantitative estimate of drug-likeness (QED) is 0.765. The summed E-state index contributed by atoms with van der Waals surface area (Å²) >= 11 is 0. The lowest BCUT2D eigenvalue weighted by Crippen LogP contribution is -2.37. The van der Waals surface area contributed by atoms with Crippen LogP contribution in [0.4, 0.5) is 0 Å². The van der Waals surface area contributed by atoms with Crippen LogP contribution in [0.15, 0.2) is 0 Å². The van der Waals surface area contributed by atoms with Crippen molar-refractivity contribution in [3.63, 3.8) is 0 Å². The molecule has 96 valence electrons. The third-order valence-corrected chi connectivity index (χ3v) is 5.07. The fourth-order valence-electron chi connectivity index (χ4n) is 2.01. The molecule has 2 N–H and O–H groups in total. The maximum atomic E-state index is 11.3. The van der Waals surface area contributed by atoms with Gasteiger partial charge < -0.3 is 10.5 Å². The molecular weight excluding hydrogens is 226 g/mol. The summed E-state index contributed by atoms with van der Waals surface area (Å²) in [6.07, 6.45) is 6.62. The summed E-state index contributed by atoms with van der Waals surface area (Å²) in [5.74, 6) is 0. The first-order valence-electron chi connectivity index (χ1n) is 5.97. The van der Waals surface area contributed by atoms with E-state index in [1.165, 1.54) is 6.26 Å². The SMILES string of the molecule is CC(C(N)CCCC1CCCO1)S(C)(=O)=O. The van der Waals surface area contributed by atoms with E-state index in [1.807, 2.05) is 0 Å². The van der Waals surface area contributed by atoms with Crippen molar-refractivity contribution >= 4 is 9.84 Å². The minimum absolute atomic E-state index is 0.253. The van der Waals surface area contributed by atoms with Gasteiger partial charge in [-0.05, 0) is 39.0 Å². The van der Waals surface area contributed by atoms with Crippen molar-refractivity contribution in [1.29, 1.82) is 0 Å². The molecule has 5 heteroatoms. The van der Waals surface area contributed by atoms with Crippen LogP contribution in [0.25, 0.3) is 0 Å². The Hall–Kier alpha value is -0.130. The molecule has 0 aliphatic carbocycles. The van der Waals surface area contributed by atoms with Gasteiger partial charge in [-0.25, -0.2) is 8.42 Å². The van der Waals surface area contributed by atoms with Gasteiger partial charge in [-0.15, -0.1) is 0 Å². The van der Waals surface area contributed by atoms with E-state index >= 15 is 0 Å². The van der Waals surface area contributed by atoms with E-state index in [9.17, 15) is 8.42 Å². The summed E-state index contributed by atoms with van der Waals surface area (Å²) in [7, 11) is -3.01. The molecule has 0 aromatic carbocycles. The van der Waals surface area contributed by atoms with Gasteiger partial charge in [-0.1, -0.05) is 0 Å². The van der Waals surface area contributed by atoms with Crippen molar-refractivity contribution in [3.05, 3.63) is 0 Å². The summed E-state index contributed by atoms with van der Waals surface area (Å²) in [6, 6.07) is -0.253. The van der Waals surface area contributed by atoms with Gasteiger partial charge in [0.15, 0.2) is 9.84 Å². The van der Waals surface area contributed by atoms with E-state index in [2.05, 4.69) is 0 Å². The second kappa shape index (κ2) is 5.98. The Morgan fingerprint density at radius 3 is 2.69 bits per heavy atom. The summed E-state index contributed by atoms with van der Waals surface area (Å²) < 4.78 is 28.1. The van der Waals surface area contributed by atoms with Crippen molar-refractivity contribution in [2.45, 2.75) is 56.4 Å². The third-order valence-electron chi connectivity index (χ3n) is 3.37. The minimum atomic E-state index is -3.01. The number of hydrogen-bond donors (Lipinski definition) is 1. The molecule has 1 rings (SSSR count). The smallest absolute Gasteiger partial charge is 0.151 e. The van der Waals surface area contributed by atoms with Crippen molar-refractivity contribution in [1.82, 2.24) is 0 Å². The van der Waals surface area contributed by atoms with Crippen molar-refractivity contribution in [2.75, 3.05) is 12.9 Å². The van der Waals surface area contributed by atoms with Crippen LogP contribution >= 0.6 is 0 Å². The van der Waals surface area contributed by atoms with E-state index in [4.69, 9.17) is 10.5 Å². The molecule has 0 aromatic rings. The average molecular weight is 249 g/mol. The highest BCUT2D eigenvalue weighted by molar-refractivity contribution is 7.91. The highest BCUT2D eigenvalue weighted by Crippen LogP contribution is 2.19. The number of sulfone groups is 1. The zero-order valence-corrected chi connectivity index (χ0v) is 11.0. The van der Waals surface area contributed by atoms with Gasteiger partial charge in [-0.3, -0.25) is 0 Å². The first-order valence-corrected chi connectivity index (χ1v) is 7.92. The van der Waals surface area contributed by atoms with Crippen LogP contribution in [0.3, 0.4) is 0 Å². The largest absolute Gasteiger partial charge is 0.378 e. The lowest BCUT2D eigenvalue weighted by molar-refractivity contribution is 0.101. The molecule has 0 amide bonds. The Labute approximate surface area is 98.5 Å². The highest BCUT2D eigenvalue weighted by Gasteiger charge is 2.23. The Bertz CT molecular complexity index is 296. The summed E-state index contributed by atoms with van der Waals surface area (Å²) in [5.41, 5.74) is 5.87. The van der Waals surface area contributed by atoms with Crippen molar-refractivity contribution < 1.29 is 13.2 Å². The molecule has 0 radical (unpaired) electrons. The van der Waals surface area contributed by atoms with Crippen LogP contribution < -0.4 is 5.73 Å². The van der Waals surface area contributed by atoms with Crippen LogP contribution in [0, 0.1) is 0 Å². The van der Waals surface area contributed by atoms with Crippen molar-refractivity contribution in [3.8, 4) is 0 Å². The molecule has 16 heavy (non-hydrogen) atoms. The molecule has 4 nitrogen and oxygen atoms in total. The van der Waals surface area contributed by atoms with Crippen LogP contribution in [-0.2, 0) is 14.6 Å². The fourth-order valence-corrected chi connectivity index (χ4v) is 2.78. The summed E-state index contributed by atoms with van der Waals surface area (Å²) in [4.78, 5) is 0. The molecule has 3 atom stereocenters. The maximum Gasteiger partial charge on any atom is 0.151 e. The molecule has 0 saturated carbocycles. The second-order valence-electron chi connectivity index (χ2n) is 4.76. The Morgan fingerprint density at radius 1 is 1.50 bits per heavy atom. The molecule has 3 unspecified atom stereocenters. The fraction of sp³-hybridized carbons (Fsp3) is 1.00. The normalized spacial score (nSPS) is 25.6. The summed E-state index contributed by atoms with van der Waals surface area (Å²) in [6.45, 7) is 2.56. The molecule has 0 bridgehead atoms. The van der Waals surface area contributed by atoms with Crippen LogP contribution in [0.1, 0.15) is 39.0 Å². The number of hydrogen-bond acceptors (Lipinski definition) is 4. The lowest BCUT2D eigenvalue weighted by Gasteiger charge is -2.18. The Kier molecular flexibility index (Phi) is 5.21. The van der Waals surface area contributed by atoms with E-state index in [0.29, 0.717) is 6.10 Å². The Morgan fingerprint density at radius 2 is 2.19 bits per heavy atom. The summed E-state index contributed by atoms with van der Waals surface area (Å²) in [5, 5.41) is -0.447. The topological polar surface area (TPSA) is 69.4 Å². The van der Waals surface area contributed by atoms with E-state index in [-0.39, 0.29) is 6.04 Å². The highest BCUT2D eigenvalue weighted by atomic mass is 32.2. The van der Waals surface area contributed by atoms with Crippen molar-refractivity contribution in [2.24, 2.45) is 5.73 Å². The van der Waals surface area contributed by atoms with E-state index < -0.39 is 15.1 Å². The zero-order chi connectivity index (χ0) is 12.2. The van der Waals surface area contributed by atoms with Crippen LogP contribution in [-0.4, -0.2) is 38.7 Å². The number of rotatable bonds is 6. The first-order chi connectivity index (χ1) is 7.41. The first kappa shape index (κ1) is 13.9. The van der Waals surface area contributed by atoms with Gasteiger partial charge in [0.05, 0.1) is 11.4 Å². The van der Waals surface area contributed by atoms with E-state index in [0.717, 1.165) is 38.7 Å². The standard InChI is InChI=1S/C11H23NO3S/c1-9(16(2,13)14)11(12)7-3-5-10-6-4-8-15-10/h9-11H,3-8,12H2,1-2H3. The molecule has 1 saturated heterocycles. The maximum absolute atomic E-state index is 11.3. The van der Waals surface area contributed by atoms with Crippen LogP contribution in [0.5, 0.6) is 0 Å². The molecule has 0 aromatic heterocycles. The lowest BCUT2D eigenvalue weighted by atomic mass is 10.0. The minimum Gasteiger partial charge on any atom is -0.378 e. The second-order valence-corrected chi connectivity index (χ2v) is 7.17. The molecule has 1 aliphatic rings. The van der Waals surface area contributed by atoms with E-state index in [1.54, 1.807) is 6.92 Å². The van der Waals surface area contributed by atoms with Gasteiger partial charge in [0, 0.05) is 18.9 Å². The van der Waals surface area contributed by atoms with Gasteiger partial charge in [0.1, 0.15) is 0 Å². The monoisotopic (exact) mass is 249 g/mol. The molecule has 1 fully saturated rings. The number of ether oxygens (including phenoxy) is 1.